The Labute approximate surface area is 122 Å². The van der Waals surface area contributed by atoms with Crippen molar-refractivity contribution in [2.24, 2.45) is 0 Å². The molecule has 110 valence electrons. The molecule has 0 spiro atoms. The molecule has 2 nitrogen and oxygen atoms in total. The number of amides is 1. The molecule has 1 aromatic carbocycles. The van der Waals surface area contributed by atoms with E-state index in [9.17, 15) is 13.6 Å². The van der Waals surface area contributed by atoms with Gasteiger partial charge in [-0.05, 0) is 31.4 Å². The molecular weight excluding hydrogens is 284 g/mol. The Morgan fingerprint density at radius 3 is 2.75 bits per heavy atom. The molecule has 1 aromatic rings. The van der Waals surface area contributed by atoms with Gasteiger partial charge in [-0.2, -0.15) is 0 Å². The zero-order valence-electron chi connectivity index (χ0n) is 11.5. The van der Waals surface area contributed by atoms with E-state index in [1.54, 1.807) is 4.90 Å². The first-order valence-electron chi connectivity index (χ1n) is 6.87. The van der Waals surface area contributed by atoms with Crippen molar-refractivity contribution in [3.8, 4) is 0 Å². The smallest absolute Gasteiger partial charge is 0.257 e. The summed E-state index contributed by atoms with van der Waals surface area (Å²) in [7, 11) is 0. The molecule has 5 heteroatoms. The van der Waals surface area contributed by atoms with Gasteiger partial charge in [0.05, 0.1) is 5.56 Å². The van der Waals surface area contributed by atoms with E-state index in [1.165, 1.54) is 13.0 Å². The molecule has 0 aromatic heterocycles. The maximum atomic E-state index is 13.8. The molecule has 0 saturated carbocycles. The standard InChI is InChI=1S/C15H18ClF2NO/c1-10-7-12(14(18)8-13(10)17)15(20)19-6-4-2-3-5-11(19)9-16/h7-8,11H,2-6,9H2,1H3. The van der Waals surface area contributed by atoms with Crippen LogP contribution in [0.4, 0.5) is 8.78 Å². The number of benzene rings is 1. The monoisotopic (exact) mass is 301 g/mol. The van der Waals surface area contributed by atoms with Crippen molar-refractivity contribution in [2.75, 3.05) is 12.4 Å². The van der Waals surface area contributed by atoms with Crippen LogP contribution in [0.5, 0.6) is 0 Å². The van der Waals surface area contributed by atoms with Crippen molar-refractivity contribution < 1.29 is 13.6 Å². The number of hydrogen-bond donors (Lipinski definition) is 0. The second kappa shape index (κ2) is 6.53. The first kappa shape index (κ1) is 15.2. The average Bonchev–Trinajstić information content (AvgIpc) is 2.67. The summed E-state index contributed by atoms with van der Waals surface area (Å²) in [6.45, 7) is 2.10. The van der Waals surface area contributed by atoms with E-state index in [0.29, 0.717) is 12.4 Å². The quantitative estimate of drug-likeness (QED) is 0.759. The van der Waals surface area contributed by atoms with Crippen LogP contribution < -0.4 is 0 Å². The number of likely N-dealkylation sites (tertiary alicyclic amines) is 1. The van der Waals surface area contributed by atoms with Gasteiger partial charge in [-0.1, -0.05) is 12.8 Å². The molecule has 1 amide bonds. The number of hydrogen-bond acceptors (Lipinski definition) is 1. The van der Waals surface area contributed by atoms with Crippen LogP contribution in [0, 0.1) is 18.6 Å². The molecule has 1 atom stereocenters. The molecule has 1 aliphatic rings. The summed E-state index contributed by atoms with van der Waals surface area (Å²) >= 11 is 5.93. The second-order valence-electron chi connectivity index (χ2n) is 5.24. The Morgan fingerprint density at radius 2 is 2.05 bits per heavy atom. The van der Waals surface area contributed by atoms with E-state index >= 15 is 0 Å². The van der Waals surface area contributed by atoms with Crippen molar-refractivity contribution in [3.05, 3.63) is 34.9 Å². The topological polar surface area (TPSA) is 20.3 Å². The molecule has 1 aliphatic heterocycles. The molecule has 20 heavy (non-hydrogen) atoms. The number of halogens is 3. The Morgan fingerprint density at radius 1 is 1.30 bits per heavy atom. The maximum Gasteiger partial charge on any atom is 0.257 e. The van der Waals surface area contributed by atoms with Crippen LogP contribution in [-0.2, 0) is 0 Å². The van der Waals surface area contributed by atoms with E-state index in [1.807, 2.05) is 0 Å². The van der Waals surface area contributed by atoms with Crippen LogP contribution in [0.2, 0.25) is 0 Å². The summed E-state index contributed by atoms with van der Waals surface area (Å²) in [6, 6.07) is 1.98. The molecule has 1 saturated heterocycles. The predicted octanol–water partition coefficient (Wildman–Crippen LogP) is 3.90. The van der Waals surface area contributed by atoms with Crippen molar-refractivity contribution >= 4 is 17.5 Å². The third-order valence-corrected chi connectivity index (χ3v) is 4.15. The van der Waals surface area contributed by atoms with E-state index < -0.39 is 17.5 Å². The van der Waals surface area contributed by atoms with Crippen molar-refractivity contribution in [2.45, 2.75) is 38.6 Å². The normalized spacial score (nSPS) is 19.8. The highest BCUT2D eigenvalue weighted by molar-refractivity contribution is 6.18. The van der Waals surface area contributed by atoms with Crippen LogP contribution in [0.1, 0.15) is 41.6 Å². The summed E-state index contributed by atoms with van der Waals surface area (Å²) in [5, 5.41) is 0. The van der Waals surface area contributed by atoms with Gasteiger partial charge in [0.15, 0.2) is 0 Å². The Kier molecular flexibility index (Phi) is 4.97. The van der Waals surface area contributed by atoms with E-state index in [0.717, 1.165) is 31.7 Å². The molecule has 0 bridgehead atoms. The van der Waals surface area contributed by atoms with Gasteiger partial charge in [0, 0.05) is 24.5 Å². The van der Waals surface area contributed by atoms with Crippen molar-refractivity contribution in [1.82, 2.24) is 4.90 Å². The molecule has 1 heterocycles. The summed E-state index contributed by atoms with van der Waals surface area (Å²) in [5.41, 5.74) is 0.202. The highest BCUT2D eigenvalue weighted by Crippen LogP contribution is 2.22. The number of aryl methyl sites for hydroxylation is 1. The fourth-order valence-electron chi connectivity index (χ4n) is 2.58. The summed E-state index contributed by atoms with van der Waals surface area (Å²) < 4.78 is 27.1. The van der Waals surface area contributed by atoms with Gasteiger partial charge in [0.25, 0.3) is 5.91 Å². The first-order chi connectivity index (χ1) is 9.54. The highest BCUT2D eigenvalue weighted by Gasteiger charge is 2.27. The van der Waals surface area contributed by atoms with E-state index in [-0.39, 0.29) is 17.2 Å². The van der Waals surface area contributed by atoms with Crippen LogP contribution >= 0.6 is 11.6 Å². The maximum absolute atomic E-state index is 13.8. The third kappa shape index (κ3) is 3.11. The Hall–Kier alpha value is -1.16. The zero-order chi connectivity index (χ0) is 14.7. The Balaban J connectivity index is 2.31. The van der Waals surface area contributed by atoms with Gasteiger partial charge in [-0.15, -0.1) is 11.6 Å². The average molecular weight is 302 g/mol. The summed E-state index contributed by atoms with van der Waals surface area (Å²) in [6.07, 6.45) is 3.78. The second-order valence-corrected chi connectivity index (χ2v) is 5.55. The molecule has 1 fully saturated rings. The van der Waals surface area contributed by atoms with Gasteiger partial charge in [0.2, 0.25) is 0 Å². The van der Waals surface area contributed by atoms with Gasteiger partial charge in [0.1, 0.15) is 11.6 Å². The molecule has 2 rings (SSSR count). The van der Waals surface area contributed by atoms with Crippen molar-refractivity contribution in [3.63, 3.8) is 0 Å². The summed E-state index contributed by atoms with van der Waals surface area (Å²) in [5.74, 6) is -1.49. The minimum atomic E-state index is -0.810. The first-order valence-corrected chi connectivity index (χ1v) is 7.40. The minimum absolute atomic E-state index is 0.0686. The van der Waals surface area contributed by atoms with Crippen LogP contribution in [-0.4, -0.2) is 29.3 Å². The highest BCUT2D eigenvalue weighted by atomic mass is 35.5. The fourth-order valence-corrected chi connectivity index (χ4v) is 2.90. The third-order valence-electron chi connectivity index (χ3n) is 3.79. The van der Waals surface area contributed by atoms with E-state index in [4.69, 9.17) is 11.6 Å². The lowest BCUT2D eigenvalue weighted by molar-refractivity contribution is 0.0695. The number of rotatable bonds is 2. The summed E-state index contributed by atoms with van der Waals surface area (Å²) in [4.78, 5) is 14.1. The molecule has 0 aliphatic carbocycles. The van der Waals surface area contributed by atoms with Gasteiger partial charge >= 0.3 is 0 Å². The zero-order valence-corrected chi connectivity index (χ0v) is 12.2. The van der Waals surface area contributed by atoms with Gasteiger partial charge in [-0.25, -0.2) is 8.78 Å². The van der Waals surface area contributed by atoms with Crippen LogP contribution in [0.25, 0.3) is 0 Å². The lowest BCUT2D eigenvalue weighted by atomic mass is 10.1. The van der Waals surface area contributed by atoms with Crippen LogP contribution in [0.15, 0.2) is 12.1 Å². The lowest BCUT2D eigenvalue weighted by Crippen LogP contribution is -2.41. The number of carbonyl (C=O) groups excluding carboxylic acids is 1. The number of carbonyl (C=O) groups is 1. The fraction of sp³-hybridized carbons (Fsp3) is 0.533. The predicted molar refractivity (Wildman–Crippen MR) is 75.1 cm³/mol. The number of nitrogens with zero attached hydrogens (tertiary/aromatic N) is 1. The molecular formula is C15H18ClF2NO. The molecule has 0 N–H and O–H groups in total. The van der Waals surface area contributed by atoms with Crippen LogP contribution in [0.3, 0.4) is 0 Å². The number of alkyl halides is 1. The largest absolute Gasteiger partial charge is 0.334 e. The minimum Gasteiger partial charge on any atom is -0.334 e. The SMILES string of the molecule is Cc1cc(C(=O)N2CCCCCC2CCl)c(F)cc1F. The molecule has 0 radical (unpaired) electrons. The van der Waals surface area contributed by atoms with Gasteiger partial charge < -0.3 is 4.90 Å². The van der Waals surface area contributed by atoms with E-state index in [2.05, 4.69) is 0 Å². The van der Waals surface area contributed by atoms with Crippen molar-refractivity contribution in [1.29, 1.82) is 0 Å². The van der Waals surface area contributed by atoms with Gasteiger partial charge in [-0.3, -0.25) is 4.79 Å². The Bertz CT molecular complexity index is 507. The lowest BCUT2D eigenvalue weighted by Gasteiger charge is -2.29. The molecule has 1 unspecified atom stereocenters.